The summed E-state index contributed by atoms with van der Waals surface area (Å²) in [4.78, 5) is 28.3. The molecule has 2 atom stereocenters. The van der Waals surface area contributed by atoms with E-state index in [2.05, 4.69) is 50.7 Å². The Balaban J connectivity index is 1.31. The van der Waals surface area contributed by atoms with Crippen LogP contribution in [0.25, 0.3) is 22.3 Å². The van der Waals surface area contributed by atoms with Gasteiger partial charge in [-0.3, -0.25) is 18.6 Å². The molecule has 4 aromatic rings. The standard InChI is InChI=1S/C31H36N6O3S/c1-3-41(2,39)26-8-9-28(33-19-26)27-17-23-18-34-31(36-29(23)37(30(27)38)25-12-15-40-20-25)35-24-6-4-21(5-7-24)16-22-10-13-32-14-11-22/h4-9,17-19,22,25,32H,2-3,10-16,20H2,1H3,(H,34,35,36). The first kappa shape index (κ1) is 27.6. The monoisotopic (exact) mass is 572 g/mol. The number of hydrogen-bond acceptors (Lipinski definition) is 8. The van der Waals surface area contributed by atoms with Crippen molar-refractivity contribution in [1.82, 2.24) is 24.8 Å². The molecule has 0 aliphatic carbocycles. The molecule has 0 radical (unpaired) electrons. The van der Waals surface area contributed by atoms with Gasteiger partial charge in [-0.15, -0.1) is 0 Å². The molecular weight excluding hydrogens is 536 g/mol. The number of anilines is 2. The summed E-state index contributed by atoms with van der Waals surface area (Å²) in [7, 11) is -2.39. The molecular formula is C31H36N6O3S. The van der Waals surface area contributed by atoms with Crippen molar-refractivity contribution in [3.63, 3.8) is 0 Å². The Morgan fingerprint density at radius 1 is 1.10 bits per heavy atom. The van der Waals surface area contributed by atoms with E-state index in [9.17, 15) is 9.00 Å². The van der Waals surface area contributed by atoms with Gasteiger partial charge in [0.25, 0.3) is 5.56 Å². The van der Waals surface area contributed by atoms with E-state index in [0.717, 1.165) is 42.9 Å². The van der Waals surface area contributed by atoms with Gasteiger partial charge in [0.2, 0.25) is 5.95 Å². The van der Waals surface area contributed by atoms with Gasteiger partial charge in [-0.2, -0.15) is 4.98 Å². The largest absolute Gasteiger partial charge is 0.379 e. The number of hydrogen-bond donors (Lipinski definition) is 2. The molecule has 0 bridgehead atoms. The molecule has 0 spiro atoms. The van der Waals surface area contributed by atoms with Crippen LogP contribution in [0.5, 0.6) is 0 Å². The zero-order chi connectivity index (χ0) is 28.4. The number of ether oxygens (including phenoxy) is 1. The number of benzene rings is 1. The summed E-state index contributed by atoms with van der Waals surface area (Å²) >= 11 is 0. The minimum atomic E-state index is -2.39. The molecule has 2 aliphatic rings. The second-order valence-electron chi connectivity index (χ2n) is 10.9. The van der Waals surface area contributed by atoms with Crippen LogP contribution in [-0.2, 0) is 20.7 Å². The minimum Gasteiger partial charge on any atom is -0.379 e. The average Bonchev–Trinajstić information content (AvgIpc) is 3.53. The molecule has 6 rings (SSSR count). The van der Waals surface area contributed by atoms with Gasteiger partial charge in [0.1, 0.15) is 5.65 Å². The molecule has 1 aromatic carbocycles. The topological polar surface area (TPSA) is 111 Å². The lowest BCUT2D eigenvalue weighted by molar-refractivity contribution is 0.186. The van der Waals surface area contributed by atoms with Crippen LogP contribution in [0.3, 0.4) is 0 Å². The summed E-state index contributed by atoms with van der Waals surface area (Å²) in [6.07, 6.45) is 7.55. The van der Waals surface area contributed by atoms with Crippen molar-refractivity contribution in [2.75, 3.05) is 37.4 Å². The molecule has 2 N–H and O–H groups in total. The summed E-state index contributed by atoms with van der Waals surface area (Å²) in [5.74, 6) is 5.42. The number of aromatic nitrogens is 4. The Kier molecular flexibility index (Phi) is 7.88. The van der Waals surface area contributed by atoms with E-state index in [1.807, 2.05) is 6.92 Å². The fourth-order valence-electron chi connectivity index (χ4n) is 5.63. The highest BCUT2D eigenvalue weighted by Crippen LogP contribution is 2.27. The fourth-order valence-corrected chi connectivity index (χ4v) is 6.52. The van der Waals surface area contributed by atoms with Gasteiger partial charge in [0, 0.05) is 40.7 Å². The minimum absolute atomic E-state index is 0.139. The van der Waals surface area contributed by atoms with Crippen LogP contribution in [0.2, 0.25) is 0 Å². The van der Waals surface area contributed by atoms with Gasteiger partial charge in [-0.05, 0) is 96.0 Å². The molecule has 2 saturated heterocycles. The molecule has 2 fully saturated rings. The molecule has 10 heteroatoms. The van der Waals surface area contributed by atoms with Gasteiger partial charge in [-0.25, -0.2) is 4.98 Å². The van der Waals surface area contributed by atoms with E-state index in [-0.39, 0.29) is 11.6 Å². The highest BCUT2D eigenvalue weighted by atomic mass is 32.2. The number of fused-ring (bicyclic) bond motifs is 1. The lowest BCUT2D eigenvalue weighted by Crippen LogP contribution is -2.28. The summed E-state index contributed by atoms with van der Waals surface area (Å²) in [6.45, 7) is 5.07. The predicted octanol–water partition coefficient (Wildman–Crippen LogP) is 4.20. The highest BCUT2D eigenvalue weighted by Gasteiger charge is 2.24. The van der Waals surface area contributed by atoms with Gasteiger partial charge in [-0.1, -0.05) is 19.1 Å². The van der Waals surface area contributed by atoms with Crippen LogP contribution in [0.15, 0.2) is 64.5 Å². The maximum Gasteiger partial charge on any atom is 0.262 e. The third kappa shape index (κ3) is 5.91. The lowest BCUT2D eigenvalue weighted by Gasteiger charge is -2.22. The maximum absolute atomic E-state index is 13.9. The maximum atomic E-state index is 13.9. The third-order valence-electron chi connectivity index (χ3n) is 8.15. The van der Waals surface area contributed by atoms with Crippen molar-refractivity contribution in [2.24, 2.45) is 5.92 Å². The number of nitrogens with zero attached hydrogens (tertiary/aromatic N) is 4. The summed E-state index contributed by atoms with van der Waals surface area (Å²) in [5.41, 5.74) is 3.54. The molecule has 214 valence electrons. The molecule has 5 heterocycles. The molecule has 2 unspecified atom stereocenters. The molecule has 3 aromatic heterocycles. The lowest BCUT2D eigenvalue weighted by atomic mass is 9.91. The first-order valence-electron chi connectivity index (χ1n) is 14.3. The van der Waals surface area contributed by atoms with Gasteiger partial charge in [0.15, 0.2) is 0 Å². The number of nitrogens with one attached hydrogen (secondary N) is 2. The van der Waals surface area contributed by atoms with Gasteiger partial charge < -0.3 is 15.4 Å². The first-order valence-corrected chi connectivity index (χ1v) is 16.2. The van der Waals surface area contributed by atoms with E-state index in [1.54, 1.807) is 35.2 Å². The van der Waals surface area contributed by atoms with E-state index in [4.69, 9.17) is 9.72 Å². The van der Waals surface area contributed by atoms with Gasteiger partial charge >= 0.3 is 0 Å². The van der Waals surface area contributed by atoms with E-state index >= 15 is 0 Å². The van der Waals surface area contributed by atoms with Crippen LogP contribution in [0.1, 0.15) is 37.8 Å². The zero-order valence-corrected chi connectivity index (χ0v) is 24.2. The quantitative estimate of drug-likeness (QED) is 0.303. The van der Waals surface area contributed by atoms with Crippen LogP contribution in [-0.4, -0.2) is 61.7 Å². The Labute approximate surface area is 240 Å². The molecule has 41 heavy (non-hydrogen) atoms. The molecule has 0 amide bonds. The van der Waals surface area contributed by atoms with Crippen molar-refractivity contribution in [3.8, 4) is 11.3 Å². The molecule has 0 saturated carbocycles. The predicted molar refractivity (Wildman–Crippen MR) is 165 cm³/mol. The second-order valence-corrected chi connectivity index (χ2v) is 13.6. The molecule has 2 aliphatic heterocycles. The zero-order valence-electron chi connectivity index (χ0n) is 23.3. The number of piperidine rings is 1. The van der Waals surface area contributed by atoms with E-state index in [1.165, 1.54) is 18.4 Å². The van der Waals surface area contributed by atoms with Crippen molar-refractivity contribution in [2.45, 2.75) is 43.5 Å². The Morgan fingerprint density at radius 2 is 1.90 bits per heavy atom. The van der Waals surface area contributed by atoms with Crippen LogP contribution in [0.4, 0.5) is 11.6 Å². The molecule has 9 nitrogen and oxygen atoms in total. The summed E-state index contributed by atoms with van der Waals surface area (Å²) < 4.78 is 20.0. The highest BCUT2D eigenvalue weighted by molar-refractivity contribution is 8.00. The van der Waals surface area contributed by atoms with Crippen molar-refractivity contribution in [1.29, 1.82) is 0 Å². The Morgan fingerprint density at radius 3 is 2.59 bits per heavy atom. The number of pyridine rings is 2. The van der Waals surface area contributed by atoms with Crippen molar-refractivity contribution < 1.29 is 8.95 Å². The fraction of sp³-hybridized carbons (Fsp3) is 0.387. The average molecular weight is 573 g/mol. The first-order chi connectivity index (χ1) is 19.9. The van der Waals surface area contributed by atoms with E-state index in [0.29, 0.717) is 46.7 Å². The van der Waals surface area contributed by atoms with Crippen molar-refractivity contribution >= 4 is 38.1 Å². The normalized spacial score (nSPS) is 19.3. The SMILES string of the molecule is C=S(=O)(CC)c1ccc(-c2cc3cnc(Nc4ccc(CC5CCNCC5)cc4)nc3n(C3CCOC3)c2=O)nc1. The van der Waals surface area contributed by atoms with Crippen LogP contribution >= 0.6 is 0 Å². The second kappa shape index (κ2) is 11.7. The summed E-state index contributed by atoms with van der Waals surface area (Å²) in [6, 6.07) is 13.6. The summed E-state index contributed by atoms with van der Waals surface area (Å²) in [5, 5.41) is 7.47. The number of rotatable bonds is 8. The Bertz CT molecular complexity index is 1690. The third-order valence-corrected chi connectivity index (χ3v) is 10.2. The van der Waals surface area contributed by atoms with Crippen LogP contribution < -0.4 is 16.2 Å². The Hall–Kier alpha value is -3.60. The van der Waals surface area contributed by atoms with Crippen LogP contribution in [0, 0.1) is 5.92 Å². The smallest absolute Gasteiger partial charge is 0.262 e. The van der Waals surface area contributed by atoms with Crippen molar-refractivity contribution in [3.05, 3.63) is 70.8 Å². The van der Waals surface area contributed by atoms with E-state index < -0.39 is 9.52 Å². The van der Waals surface area contributed by atoms with Gasteiger partial charge in [0.05, 0.1) is 23.9 Å².